The quantitative estimate of drug-likeness (QED) is 0.526. The molecule has 7 atom stereocenters. The summed E-state index contributed by atoms with van der Waals surface area (Å²) in [4.78, 5) is 16.4. The maximum atomic E-state index is 11.7. The molecule has 0 aromatic carbocycles. The first-order valence-corrected chi connectivity index (χ1v) is 11.6. The summed E-state index contributed by atoms with van der Waals surface area (Å²) in [5.74, 6) is 3.24. The molecule has 0 aromatic heterocycles. The van der Waals surface area contributed by atoms with Crippen LogP contribution in [0.1, 0.15) is 84.5 Å². The number of hydrogen-bond donors (Lipinski definition) is 2. The van der Waals surface area contributed by atoms with Crippen LogP contribution in [0.4, 0.5) is 0 Å². The van der Waals surface area contributed by atoms with E-state index in [0.717, 1.165) is 42.9 Å². The van der Waals surface area contributed by atoms with Gasteiger partial charge in [-0.1, -0.05) is 25.5 Å². The van der Waals surface area contributed by atoms with E-state index in [-0.39, 0.29) is 12.0 Å². The second-order valence-corrected chi connectivity index (χ2v) is 10.6. The van der Waals surface area contributed by atoms with Gasteiger partial charge in [0.05, 0.1) is 13.2 Å². The first-order chi connectivity index (χ1) is 13.4. The van der Waals surface area contributed by atoms with Crippen molar-refractivity contribution in [1.82, 2.24) is 5.48 Å². The Balaban J connectivity index is 1.44. The second-order valence-electron chi connectivity index (χ2n) is 10.6. The number of hydroxylamine groups is 1. The largest absolute Gasteiger partial charge is 0.393 e. The number of nitrogens with one attached hydrogen (secondary N) is 1. The molecular formula is C24H39NO3. The highest BCUT2D eigenvalue weighted by Gasteiger charge is 2.58. The fourth-order valence-electron chi connectivity index (χ4n) is 7.90. The van der Waals surface area contributed by atoms with E-state index in [1.54, 1.807) is 5.57 Å². The molecule has 1 amide bonds. The van der Waals surface area contributed by atoms with Crippen molar-refractivity contribution in [2.45, 2.75) is 90.6 Å². The molecule has 0 spiro atoms. The fourth-order valence-corrected chi connectivity index (χ4v) is 7.90. The number of amides is 1. The van der Waals surface area contributed by atoms with Crippen LogP contribution < -0.4 is 5.48 Å². The Morgan fingerprint density at radius 1 is 1.21 bits per heavy atom. The number of aliphatic hydroxyl groups is 1. The van der Waals surface area contributed by atoms with Gasteiger partial charge in [0.2, 0.25) is 5.91 Å². The van der Waals surface area contributed by atoms with E-state index < -0.39 is 0 Å². The third kappa shape index (κ3) is 3.35. The maximum Gasteiger partial charge on any atom is 0.243 e. The van der Waals surface area contributed by atoms with Gasteiger partial charge < -0.3 is 5.11 Å². The molecular weight excluding hydrogens is 350 g/mol. The van der Waals surface area contributed by atoms with Crippen molar-refractivity contribution >= 4 is 5.91 Å². The van der Waals surface area contributed by atoms with Crippen LogP contribution in [0.3, 0.4) is 0 Å². The Bertz CT molecular complexity index is 631. The molecule has 0 heterocycles. The monoisotopic (exact) mass is 389 g/mol. The predicted molar refractivity (Wildman–Crippen MR) is 110 cm³/mol. The minimum Gasteiger partial charge on any atom is -0.393 e. The summed E-state index contributed by atoms with van der Waals surface area (Å²) in [5, 5.41) is 10.2. The Morgan fingerprint density at radius 3 is 2.82 bits per heavy atom. The van der Waals surface area contributed by atoms with E-state index in [1.807, 2.05) is 0 Å². The molecule has 3 fully saturated rings. The molecule has 0 aromatic rings. The van der Waals surface area contributed by atoms with E-state index in [1.165, 1.54) is 52.1 Å². The van der Waals surface area contributed by atoms with E-state index in [0.29, 0.717) is 17.3 Å². The summed E-state index contributed by atoms with van der Waals surface area (Å²) < 4.78 is 0. The summed E-state index contributed by atoms with van der Waals surface area (Å²) in [6, 6.07) is 0. The van der Waals surface area contributed by atoms with Crippen molar-refractivity contribution in [1.29, 1.82) is 0 Å². The minimum absolute atomic E-state index is 0.00302. The molecule has 4 rings (SSSR count). The second kappa shape index (κ2) is 7.75. The van der Waals surface area contributed by atoms with Crippen LogP contribution in [0.5, 0.6) is 0 Å². The smallest absolute Gasteiger partial charge is 0.243 e. The van der Waals surface area contributed by atoms with Gasteiger partial charge in [0.15, 0.2) is 0 Å². The number of hydrogen-bond acceptors (Lipinski definition) is 3. The average molecular weight is 390 g/mol. The number of fused-ring (bicyclic) bond motifs is 5. The number of allylic oxidation sites excluding steroid dienone is 1. The van der Waals surface area contributed by atoms with E-state index in [4.69, 9.17) is 4.84 Å². The first kappa shape index (κ1) is 20.4. The molecule has 0 aliphatic heterocycles. The number of aliphatic hydroxyl groups excluding tert-OH is 1. The van der Waals surface area contributed by atoms with Gasteiger partial charge in [0.25, 0.3) is 0 Å². The standard InChI is InChI=1S/C24H39NO3/c1-23-14-12-21-19(9-7-17-15-18(26)11-13-24(17,21)2)20(23)10-8-16(23)5-4-6-22(27)25-28-3/h7,16,18-21,26H,4-6,8-15H2,1-3H3,(H,25,27). The Labute approximate surface area is 170 Å². The highest BCUT2D eigenvalue weighted by atomic mass is 16.6. The summed E-state index contributed by atoms with van der Waals surface area (Å²) >= 11 is 0. The van der Waals surface area contributed by atoms with Gasteiger partial charge in [-0.15, -0.1) is 0 Å². The van der Waals surface area contributed by atoms with Crippen LogP contribution in [-0.2, 0) is 9.63 Å². The van der Waals surface area contributed by atoms with E-state index in [2.05, 4.69) is 25.4 Å². The summed E-state index contributed by atoms with van der Waals surface area (Å²) in [7, 11) is 1.50. The molecule has 0 bridgehead atoms. The third-order valence-electron chi connectivity index (χ3n) is 9.45. The SMILES string of the molecule is CONC(=O)CCCC1CCC2C3CC=C4CC(O)CCC4(C)C3CCC12C. The zero-order valence-electron chi connectivity index (χ0n) is 18.0. The summed E-state index contributed by atoms with van der Waals surface area (Å²) in [6.45, 7) is 5.07. The van der Waals surface area contributed by atoms with E-state index >= 15 is 0 Å². The van der Waals surface area contributed by atoms with Gasteiger partial charge in [-0.05, 0) is 98.7 Å². The van der Waals surface area contributed by atoms with Crippen molar-refractivity contribution in [3.8, 4) is 0 Å². The summed E-state index contributed by atoms with van der Waals surface area (Å²) in [5.41, 5.74) is 4.80. The molecule has 4 aliphatic rings. The molecule has 2 N–H and O–H groups in total. The van der Waals surface area contributed by atoms with Gasteiger partial charge in [-0.2, -0.15) is 0 Å². The molecule has 7 unspecified atom stereocenters. The summed E-state index contributed by atoms with van der Waals surface area (Å²) in [6.07, 6.45) is 14.8. The van der Waals surface area contributed by atoms with Crippen LogP contribution in [0.15, 0.2) is 11.6 Å². The number of carbonyl (C=O) groups is 1. The molecule has 28 heavy (non-hydrogen) atoms. The lowest BCUT2D eigenvalue weighted by molar-refractivity contribution is -0.131. The molecule has 0 radical (unpaired) electrons. The third-order valence-corrected chi connectivity index (χ3v) is 9.45. The molecule has 0 saturated heterocycles. The van der Waals surface area contributed by atoms with Gasteiger partial charge in [0, 0.05) is 6.42 Å². The molecule has 158 valence electrons. The molecule has 3 saturated carbocycles. The van der Waals surface area contributed by atoms with Crippen molar-refractivity contribution in [3.63, 3.8) is 0 Å². The molecule has 4 nitrogen and oxygen atoms in total. The van der Waals surface area contributed by atoms with Crippen molar-refractivity contribution in [3.05, 3.63) is 11.6 Å². The van der Waals surface area contributed by atoms with Crippen molar-refractivity contribution in [2.24, 2.45) is 34.5 Å². The van der Waals surface area contributed by atoms with Gasteiger partial charge >= 0.3 is 0 Å². The van der Waals surface area contributed by atoms with Crippen LogP contribution in [-0.4, -0.2) is 24.2 Å². The maximum absolute atomic E-state index is 11.7. The normalized spacial score (nSPS) is 44.9. The van der Waals surface area contributed by atoms with Crippen LogP contribution in [0, 0.1) is 34.5 Å². The fraction of sp³-hybridized carbons (Fsp3) is 0.875. The Morgan fingerprint density at radius 2 is 2.04 bits per heavy atom. The van der Waals surface area contributed by atoms with E-state index in [9.17, 15) is 9.90 Å². The van der Waals surface area contributed by atoms with Crippen molar-refractivity contribution < 1.29 is 14.7 Å². The van der Waals surface area contributed by atoms with Gasteiger partial charge in [0.1, 0.15) is 0 Å². The predicted octanol–water partition coefficient (Wildman–Crippen LogP) is 4.77. The highest BCUT2D eigenvalue weighted by molar-refractivity contribution is 5.74. The number of rotatable bonds is 5. The highest BCUT2D eigenvalue weighted by Crippen LogP contribution is 2.66. The van der Waals surface area contributed by atoms with Crippen LogP contribution >= 0.6 is 0 Å². The first-order valence-electron chi connectivity index (χ1n) is 11.6. The zero-order valence-corrected chi connectivity index (χ0v) is 18.0. The van der Waals surface area contributed by atoms with Crippen LogP contribution in [0.25, 0.3) is 0 Å². The Kier molecular flexibility index (Phi) is 5.65. The Hall–Kier alpha value is -0.870. The molecule has 4 heteroatoms. The van der Waals surface area contributed by atoms with Gasteiger partial charge in [-0.25, -0.2) is 5.48 Å². The minimum atomic E-state index is -0.115. The average Bonchev–Trinajstić information content (AvgIpc) is 2.99. The topological polar surface area (TPSA) is 58.6 Å². The van der Waals surface area contributed by atoms with Crippen molar-refractivity contribution in [2.75, 3.05) is 7.11 Å². The number of carbonyl (C=O) groups excluding carboxylic acids is 1. The lowest BCUT2D eigenvalue weighted by atomic mass is 9.47. The van der Waals surface area contributed by atoms with Crippen LogP contribution in [0.2, 0.25) is 0 Å². The lowest BCUT2D eigenvalue weighted by Gasteiger charge is -2.58. The molecule has 4 aliphatic carbocycles. The zero-order chi connectivity index (χ0) is 19.9. The lowest BCUT2D eigenvalue weighted by Crippen LogP contribution is -2.50. The van der Waals surface area contributed by atoms with Gasteiger partial charge in [-0.3, -0.25) is 9.63 Å².